The molecule has 4 nitrogen and oxygen atoms in total. The Bertz CT molecular complexity index is 1060. The Morgan fingerprint density at radius 3 is 1.69 bits per heavy atom. The van der Waals surface area contributed by atoms with Gasteiger partial charge in [-0.25, -0.2) is 0 Å². The first kappa shape index (κ1) is 41.6. The molecule has 2 aromatic carbocycles. The molecule has 0 atom stereocenters. The van der Waals surface area contributed by atoms with Crippen LogP contribution >= 0.6 is 0 Å². The van der Waals surface area contributed by atoms with Crippen LogP contribution in [0.3, 0.4) is 0 Å². The first-order chi connectivity index (χ1) is 23.5. The van der Waals surface area contributed by atoms with Gasteiger partial charge < -0.3 is 10.2 Å². The molecule has 0 spiro atoms. The summed E-state index contributed by atoms with van der Waals surface area (Å²) >= 11 is 0. The summed E-state index contributed by atoms with van der Waals surface area (Å²) in [5.74, 6) is 2.51. The van der Waals surface area contributed by atoms with E-state index in [1.165, 1.54) is 127 Å². The monoisotopic (exact) mass is 659 g/mol. The number of nitrogens with zero attached hydrogens (tertiary/aromatic N) is 1. The zero-order valence-electron chi connectivity index (χ0n) is 30.9. The molecule has 48 heavy (non-hydrogen) atoms. The van der Waals surface area contributed by atoms with E-state index in [-0.39, 0.29) is 5.78 Å². The van der Waals surface area contributed by atoms with Crippen LogP contribution in [0.1, 0.15) is 134 Å². The number of likely N-dealkylation sites (tertiary alicyclic amines) is 1. The Morgan fingerprint density at radius 2 is 1.19 bits per heavy atom. The fourth-order valence-electron chi connectivity index (χ4n) is 6.78. The van der Waals surface area contributed by atoms with E-state index < -0.39 is 0 Å². The molecular formula is C44H70N2O2. The molecule has 1 N–H and O–H groups in total. The largest absolute Gasteiger partial charge is 0.317 e. The summed E-state index contributed by atoms with van der Waals surface area (Å²) in [5, 5.41) is 3.42. The van der Waals surface area contributed by atoms with Crippen molar-refractivity contribution in [2.24, 2.45) is 11.8 Å². The van der Waals surface area contributed by atoms with Gasteiger partial charge in [-0.1, -0.05) is 120 Å². The molecular weight excluding hydrogens is 588 g/mol. The summed E-state index contributed by atoms with van der Waals surface area (Å²) in [6.45, 7) is 13.5. The zero-order valence-corrected chi connectivity index (χ0v) is 30.9. The van der Waals surface area contributed by atoms with E-state index in [4.69, 9.17) is 0 Å². The Hall–Kier alpha value is -2.56. The number of hydrogen-bond acceptors (Lipinski definition) is 4. The average Bonchev–Trinajstić information content (AvgIpc) is 3.13. The van der Waals surface area contributed by atoms with Gasteiger partial charge in [-0.15, -0.1) is 0 Å². The van der Waals surface area contributed by atoms with Gasteiger partial charge in [0.2, 0.25) is 0 Å². The lowest BCUT2D eigenvalue weighted by molar-refractivity contribution is -0.119. The normalized spacial score (nSPS) is 15.5. The van der Waals surface area contributed by atoms with Gasteiger partial charge >= 0.3 is 0 Å². The highest BCUT2D eigenvalue weighted by Gasteiger charge is 2.19. The van der Waals surface area contributed by atoms with Gasteiger partial charge in [-0.3, -0.25) is 9.59 Å². The SMILES string of the molecule is C=CC(=O)CCCCC.CCCCCC(=O)CCN1CCC(CCCc2ccccc2)CC1.c1ccc(CCCC2CCNCC2)cc1. The molecule has 0 amide bonds. The van der Waals surface area contributed by atoms with Crippen LogP contribution in [0.15, 0.2) is 73.3 Å². The van der Waals surface area contributed by atoms with E-state index in [1.807, 2.05) is 0 Å². The van der Waals surface area contributed by atoms with Crippen molar-refractivity contribution in [2.75, 3.05) is 32.7 Å². The number of piperidine rings is 2. The van der Waals surface area contributed by atoms with Crippen LogP contribution in [-0.2, 0) is 22.4 Å². The highest BCUT2D eigenvalue weighted by atomic mass is 16.1. The van der Waals surface area contributed by atoms with Crippen LogP contribution in [0.4, 0.5) is 0 Å². The Balaban J connectivity index is 0.000000283. The number of carbonyl (C=O) groups excluding carboxylic acids is 2. The topological polar surface area (TPSA) is 49.4 Å². The van der Waals surface area contributed by atoms with Crippen LogP contribution in [0.2, 0.25) is 0 Å². The van der Waals surface area contributed by atoms with Gasteiger partial charge in [0.15, 0.2) is 5.78 Å². The van der Waals surface area contributed by atoms with Crippen molar-refractivity contribution in [3.05, 3.63) is 84.4 Å². The smallest absolute Gasteiger partial charge is 0.155 e. The van der Waals surface area contributed by atoms with Crippen molar-refractivity contribution in [3.63, 3.8) is 0 Å². The lowest BCUT2D eigenvalue weighted by Gasteiger charge is -2.31. The Kier molecular flexibility index (Phi) is 24.5. The van der Waals surface area contributed by atoms with E-state index in [2.05, 4.69) is 91.3 Å². The number of Topliss-reactive ketones (excluding diaryl/α,β-unsaturated/α-hetero) is 1. The summed E-state index contributed by atoms with van der Waals surface area (Å²) < 4.78 is 0. The minimum atomic E-state index is 0.170. The zero-order chi connectivity index (χ0) is 34.5. The molecule has 2 fully saturated rings. The molecule has 4 rings (SSSR count). The van der Waals surface area contributed by atoms with E-state index in [9.17, 15) is 9.59 Å². The molecule has 0 unspecified atom stereocenters. The molecule has 2 aromatic rings. The van der Waals surface area contributed by atoms with Crippen LogP contribution in [-0.4, -0.2) is 49.2 Å². The second-order valence-electron chi connectivity index (χ2n) is 14.1. The minimum absolute atomic E-state index is 0.170. The number of aryl methyl sites for hydroxylation is 2. The summed E-state index contributed by atoms with van der Waals surface area (Å²) in [7, 11) is 0. The number of hydrogen-bond donors (Lipinski definition) is 1. The molecule has 0 saturated carbocycles. The van der Waals surface area contributed by atoms with Crippen molar-refractivity contribution < 1.29 is 9.59 Å². The summed E-state index contributed by atoms with van der Waals surface area (Å²) in [6.07, 6.45) is 23.8. The third kappa shape index (κ3) is 21.4. The van der Waals surface area contributed by atoms with Crippen molar-refractivity contribution >= 4 is 11.6 Å². The fraction of sp³-hybridized carbons (Fsp3) is 0.636. The second-order valence-corrected chi connectivity index (χ2v) is 14.1. The van der Waals surface area contributed by atoms with E-state index >= 15 is 0 Å². The molecule has 0 aromatic heterocycles. The quantitative estimate of drug-likeness (QED) is 0.114. The van der Waals surface area contributed by atoms with E-state index in [1.54, 1.807) is 0 Å². The summed E-state index contributed by atoms with van der Waals surface area (Å²) in [4.78, 5) is 24.9. The number of ketones is 2. The fourth-order valence-corrected chi connectivity index (χ4v) is 6.78. The Morgan fingerprint density at radius 1 is 0.688 bits per heavy atom. The van der Waals surface area contributed by atoms with E-state index in [0.717, 1.165) is 50.5 Å². The highest BCUT2D eigenvalue weighted by molar-refractivity contribution is 5.88. The van der Waals surface area contributed by atoms with Crippen molar-refractivity contribution in [1.82, 2.24) is 10.2 Å². The lowest BCUT2D eigenvalue weighted by atomic mass is 9.90. The molecule has 4 heteroatoms. The van der Waals surface area contributed by atoms with Gasteiger partial charge in [-0.2, -0.15) is 0 Å². The van der Waals surface area contributed by atoms with Gasteiger partial charge in [0.25, 0.3) is 0 Å². The van der Waals surface area contributed by atoms with Gasteiger partial charge in [-0.05, 0) is 119 Å². The van der Waals surface area contributed by atoms with Crippen molar-refractivity contribution in [2.45, 2.75) is 136 Å². The summed E-state index contributed by atoms with van der Waals surface area (Å²) in [5.41, 5.74) is 2.96. The standard InChI is InChI=1S/C22H35NO.C14H21N.C8H14O/c1-2-3-5-13-22(24)16-19-23-17-14-21(15-18-23)12-8-11-20-9-6-4-7-10-20;1-2-5-13(6-3-1)7-4-8-14-9-11-15-12-10-14;1-3-5-6-7-8(9)4-2/h4,6-7,9-10,21H,2-3,5,8,11-19H2,1H3;1-3,5-6,14-15H,4,7-12H2;4H,2-3,5-7H2,1H3. The molecule has 0 bridgehead atoms. The second kappa shape index (κ2) is 28.3. The van der Waals surface area contributed by atoms with Gasteiger partial charge in [0, 0.05) is 25.8 Å². The van der Waals surface area contributed by atoms with Gasteiger partial charge in [0.05, 0.1) is 0 Å². The minimum Gasteiger partial charge on any atom is -0.317 e. The maximum absolute atomic E-state index is 11.9. The number of carbonyl (C=O) groups is 2. The average molecular weight is 659 g/mol. The molecule has 2 aliphatic heterocycles. The third-order valence-electron chi connectivity index (χ3n) is 10.0. The number of rotatable bonds is 20. The predicted molar refractivity (Wildman–Crippen MR) is 207 cm³/mol. The number of allylic oxidation sites excluding steroid dienone is 1. The lowest BCUT2D eigenvalue weighted by Crippen LogP contribution is -2.35. The predicted octanol–water partition coefficient (Wildman–Crippen LogP) is 10.6. The van der Waals surface area contributed by atoms with Gasteiger partial charge in [0.1, 0.15) is 5.78 Å². The number of nitrogens with one attached hydrogen (secondary N) is 1. The number of unbranched alkanes of at least 4 members (excludes halogenated alkanes) is 4. The third-order valence-corrected chi connectivity index (χ3v) is 10.0. The van der Waals surface area contributed by atoms with Crippen LogP contribution in [0.5, 0.6) is 0 Å². The van der Waals surface area contributed by atoms with Crippen molar-refractivity contribution in [3.8, 4) is 0 Å². The maximum atomic E-state index is 11.9. The first-order valence-electron chi connectivity index (χ1n) is 19.7. The number of benzene rings is 2. The van der Waals surface area contributed by atoms with Crippen molar-refractivity contribution in [1.29, 1.82) is 0 Å². The maximum Gasteiger partial charge on any atom is 0.155 e. The first-order valence-corrected chi connectivity index (χ1v) is 19.7. The molecule has 2 saturated heterocycles. The molecule has 0 radical (unpaired) electrons. The van der Waals surface area contributed by atoms with Crippen LogP contribution in [0, 0.1) is 11.8 Å². The Labute approximate surface area is 295 Å². The molecule has 2 aliphatic rings. The van der Waals surface area contributed by atoms with Crippen LogP contribution in [0.25, 0.3) is 0 Å². The highest BCUT2D eigenvalue weighted by Crippen LogP contribution is 2.23. The molecule has 0 aliphatic carbocycles. The summed E-state index contributed by atoms with van der Waals surface area (Å²) in [6, 6.07) is 21.7. The molecule has 2 heterocycles. The molecule has 268 valence electrons. The van der Waals surface area contributed by atoms with E-state index in [0.29, 0.717) is 12.2 Å². The van der Waals surface area contributed by atoms with Crippen LogP contribution < -0.4 is 5.32 Å².